The lowest BCUT2D eigenvalue weighted by atomic mass is 10.1. The normalized spacial score (nSPS) is 28.2. The highest BCUT2D eigenvalue weighted by atomic mass is 16.5. The lowest BCUT2D eigenvalue weighted by molar-refractivity contribution is -0.0682. The molecule has 3 atom stereocenters. The van der Waals surface area contributed by atoms with E-state index in [2.05, 4.69) is 37.9 Å². The Morgan fingerprint density at radius 2 is 1.94 bits per heavy atom. The van der Waals surface area contributed by atoms with Crippen LogP contribution >= 0.6 is 0 Å². The van der Waals surface area contributed by atoms with Crippen LogP contribution in [0.2, 0.25) is 0 Å². The second kappa shape index (κ2) is 8.06. The van der Waals surface area contributed by atoms with Gasteiger partial charge in [-0.3, -0.25) is 4.90 Å². The Hall–Kier alpha value is -0.120. The molecule has 3 nitrogen and oxygen atoms in total. The molecule has 1 heterocycles. The molecule has 1 aliphatic heterocycles. The average Bonchev–Trinajstić information content (AvgIpc) is 2.25. The molecule has 0 saturated carbocycles. The number of ether oxygens (including phenoxy) is 1. The van der Waals surface area contributed by atoms with Crippen LogP contribution in [-0.4, -0.2) is 49.3 Å². The van der Waals surface area contributed by atoms with Gasteiger partial charge in [-0.2, -0.15) is 0 Å². The fourth-order valence-corrected chi connectivity index (χ4v) is 2.58. The van der Waals surface area contributed by atoms with Crippen LogP contribution in [0.15, 0.2) is 0 Å². The Morgan fingerprint density at radius 1 is 1.29 bits per heavy atom. The summed E-state index contributed by atoms with van der Waals surface area (Å²) in [5, 5.41) is 3.54. The van der Waals surface area contributed by atoms with Gasteiger partial charge in [0.2, 0.25) is 0 Å². The number of morpholine rings is 1. The molecule has 0 aromatic heterocycles. The van der Waals surface area contributed by atoms with E-state index in [4.69, 9.17) is 4.74 Å². The zero-order chi connectivity index (χ0) is 12.7. The van der Waals surface area contributed by atoms with Crippen LogP contribution in [0.5, 0.6) is 0 Å². The van der Waals surface area contributed by atoms with Crippen molar-refractivity contribution >= 4 is 0 Å². The second-order valence-corrected chi connectivity index (χ2v) is 5.51. The number of hydrogen-bond acceptors (Lipinski definition) is 3. The topological polar surface area (TPSA) is 24.5 Å². The summed E-state index contributed by atoms with van der Waals surface area (Å²) in [6, 6.07) is 0.658. The van der Waals surface area contributed by atoms with Crippen molar-refractivity contribution in [3.05, 3.63) is 0 Å². The fraction of sp³-hybridized carbons (Fsp3) is 1.00. The quantitative estimate of drug-likeness (QED) is 0.741. The van der Waals surface area contributed by atoms with E-state index in [1.54, 1.807) is 0 Å². The molecular formula is C14H30N2O. The summed E-state index contributed by atoms with van der Waals surface area (Å²) < 4.78 is 5.74. The van der Waals surface area contributed by atoms with Crippen molar-refractivity contribution in [2.24, 2.45) is 0 Å². The van der Waals surface area contributed by atoms with Crippen molar-refractivity contribution in [3.8, 4) is 0 Å². The number of rotatable bonds is 7. The van der Waals surface area contributed by atoms with E-state index in [1.807, 2.05) is 0 Å². The van der Waals surface area contributed by atoms with Crippen LogP contribution in [-0.2, 0) is 4.74 Å². The molecule has 0 bridgehead atoms. The molecule has 0 aromatic rings. The second-order valence-electron chi connectivity index (χ2n) is 5.51. The third-order valence-corrected chi connectivity index (χ3v) is 3.35. The third kappa shape index (κ3) is 6.39. The number of nitrogens with one attached hydrogen (secondary N) is 1. The largest absolute Gasteiger partial charge is 0.373 e. The minimum Gasteiger partial charge on any atom is -0.373 e. The van der Waals surface area contributed by atoms with Crippen molar-refractivity contribution in [2.45, 2.75) is 65.2 Å². The number of hydrogen-bond donors (Lipinski definition) is 1. The van der Waals surface area contributed by atoms with E-state index in [0.717, 1.165) is 19.6 Å². The van der Waals surface area contributed by atoms with E-state index in [0.29, 0.717) is 18.2 Å². The highest BCUT2D eigenvalue weighted by Gasteiger charge is 2.21. The maximum atomic E-state index is 5.74. The van der Waals surface area contributed by atoms with Gasteiger partial charge in [-0.05, 0) is 53.1 Å². The Kier molecular flexibility index (Phi) is 7.09. The first kappa shape index (κ1) is 14.9. The zero-order valence-corrected chi connectivity index (χ0v) is 12.0. The van der Waals surface area contributed by atoms with Crippen LogP contribution in [0.3, 0.4) is 0 Å². The zero-order valence-electron chi connectivity index (χ0n) is 12.0. The Labute approximate surface area is 107 Å². The van der Waals surface area contributed by atoms with Gasteiger partial charge in [0, 0.05) is 19.1 Å². The molecular weight excluding hydrogens is 212 g/mol. The van der Waals surface area contributed by atoms with Gasteiger partial charge in [-0.1, -0.05) is 6.92 Å². The number of nitrogens with zero attached hydrogens (tertiary/aromatic N) is 1. The molecule has 1 aliphatic rings. The first-order valence-electron chi connectivity index (χ1n) is 7.23. The fourth-order valence-electron chi connectivity index (χ4n) is 2.58. The van der Waals surface area contributed by atoms with Crippen molar-refractivity contribution < 1.29 is 4.74 Å². The standard InChI is InChI=1S/C14H30N2O/c1-5-8-15-12(2)7-6-9-16-10-13(3)17-14(4)11-16/h12-15H,5-11H2,1-4H3/t12?,13-,14+. The van der Waals surface area contributed by atoms with Gasteiger partial charge >= 0.3 is 0 Å². The van der Waals surface area contributed by atoms with Gasteiger partial charge in [0.1, 0.15) is 0 Å². The van der Waals surface area contributed by atoms with Crippen LogP contribution in [0.4, 0.5) is 0 Å². The van der Waals surface area contributed by atoms with Gasteiger partial charge < -0.3 is 10.1 Å². The Bertz CT molecular complexity index is 189. The molecule has 1 rings (SSSR count). The molecule has 17 heavy (non-hydrogen) atoms. The summed E-state index contributed by atoms with van der Waals surface area (Å²) in [5.41, 5.74) is 0. The lowest BCUT2D eigenvalue weighted by Crippen LogP contribution is -2.45. The summed E-state index contributed by atoms with van der Waals surface area (Å²) in [5.74, 6) is 0. The molecule has 0 amide bonds. The van der Waals surface area contributed by atoms with Gasteiger partial charge in [-0.25, -0.2) is 0 Å². The van der Waals surface area contributed by atoms with Gasteiger partial charge in [0.05, 0.1) is 12.2 Å². The SMILES string of the molecule is CCCNC(C)CCCN1C[C@@H](C)O[C@@H](C)C1. The molecule has 1 fully saturated rings. The summed E-state index contributed by atoms with van der Waals surface area (Å²) in [7, 11) is 0. The molecule has 1 saturated heterocycles. The molecule has 0 aliphatic carbocycles. The highest BCUT2D eigenvalue weighted by Crippen LogP contribution is 2.11. The van der Waals surface area contributed by atoms with Crippen LogP contribution in [0, 0.1) is 0 Å². The average molecular weight is 242 g/mol. The third-order valence-electron chi connectivity index (χ3n) is 3.35. The van der Waals surface area contributed by atoms with Crippen molar-refractivity contribution in [1.29, 1.82) is 0 Å². The van der Waals surface area contributed by atoms with E-state index >= 15 is 0 Å². The molecule has 1 unspecified atom stereocenters. The highest BCUT2D eigenvalue weighted by molar-refractivity contribution is 4.73. The molecule has 102 valence electrons. The maximum absolute atomic E-state index is 5.74. The first-order chi connectivity index (χ1) is 8.11. The van der Waals surface area contributed by atoms with E-state index in [-0.39, 0.29) is 0 Å². The van der Waals surface area contributed by atoms with E-state index in [1.165, 1.54) is 25.8 Å². The summed E-state index contributed by atoms with van der Waals surface area (Å²) in [6.45, 7) is 13.4. The van der Waals surface area contributed by atoms with Crippen LogP contribution in [0.1, 0.15) is 47.0 Å². The predicted molar refractivity (Wildman–Crippen MR) is 73.4 cm³/mol. The van der Waals surface area contributed by atoms with Gasteiger partial charge in [-0.15, -0.1) is 0 Å². The maximum Gasteiger partial charge on any atom is 0.0678 e. The molecule has 1 N–H and O–H groups in total. The van der Waals surface area contributed by atoms with Crippen molar-refractivity contribution in [3.63, 3.8) is 0 Å². The summed E-state index contributed by atoms with van der Waals surface area (Å²) in [4.78, 5) is 2.55. The monoisotopic (exact) mass is 242 g/mol. The summed E-state index contributed by atoms with van der Waals surface area (Å²) in [6.07, 6.45) is 4.59. The minimum atomic E-state index is 0.398. The van der Waals surface area contributed by atoms with Crippen molar-refractivity contribution in [1.82, 2.24) is 10.2 Å². The van der Waals surface area contributed by atoms with Crippen molar-refractivity contribution in [2.75, 3.05) is 26.2 Å². The Balaban J connectivity index is 2.09. The van der Waals surface area contributed by atoms with E-state index < -0.39 is 0 Å². The minimum absolute atomic E-state index is 0.398. The van der Waals surface area contributed by atoms with E-state index in [9.17, 15) is 0 Å². The van der Waals surface area contributed by atoms with Gasteiger partial charge in [0.15, 0.2) is 0 Å². The summed E-state index contributed by atoms with van der Waals surface area (Å²) >= 11 is 0. The first-order valence-corrected chi connectivity index (χ1v) is 7.23. The van der Waals surface area contributed by atoms with Crippen LogP contribution < -0.4 is 5.32 Å². The lowest BCUT2D eigenvalue weighted by Gasteiger charge is -2.35. The predicted octanol–water partition coefficient (Wildman–Crippen LogP) is 2.26. The Morgan fingerprint density at radius 3 is 2.53 bits per heavy atom. The molecule has 0 spiro atoms. The molecule has 0 radical (unpaired) electrons. The smallest absolute Gasteiger partial charge is 0.0678 e. The van der Waals surface area contributed by atoms with Gasteiger partial charge in [0.25, 0.3) is 0 Å². The molecule has 3 heteroatoms. The molecule has 0 aromatic carbocycles. The van der Waals surface area contributed by atoms with Crippen LogP contribution in [0.25, 0.3) is 0 Å².